The molecule has 2 fully saturated rings. The Labute approximate surface area is 425 Å². The Hall–Kier alpha value is -6.60. The number of piperazine rings is 1. The number of aromatic nitrogens is 2. The number of amides is 5. The van der Waals surface area contributed by atoms with Crippen molar-refractivity contribution in [2.24, 2.45) is 0 Å². The zero-order valence-corrected chi connectivity index (χ0v) is 42.5. The Morgan fingerprint density at radius 3 is 2.11 bits per heavy atom. The number of hydrogen-bond donors (Lipinski definition) is 6. The molecular formula is C50H65N11O11S. The van der Waals surface area contributed by atoms with Crippen LogP contribution < -0.4 is 36.2 Å². The largest absolute Gasteiger partial charge is 0.382 e. The van der Waals surface area contributed by atoms with Crippen LogP contribution in [-0.4, -0.2) is 168 Å². The van der Waals surface area contributed by atoms with Gasteiger partial charge in [-0.15, -0.1) is 0 Å². The van der Waals surface area contributed by atoms with E-state index in [2.05, 4.69) is 51.1 Å². The predicted molar refractivity (Wildman–Crippen MR) is 273 cm³/mol. The van der Waals surface area contributed by atoms with Crippen molar-refractivity contribution in [3.63, 3.8) is 0 Å². The number of carbonyl (C=O) groups excluding carboxylic acids is 5. The molecule has 3 aliphatic heterocycles. The maximum Gasteiger partial charge on any atom is 0.264 e. The van der Waals surface area contributed by atoms with Gasteiger partial charge in [-0.25, -0.2) is 18.1 Å². The summed E-state index contributed by atoms with van der Waals surface area (Å²) in [6, 6.07) is 18.5. The highest BCUT2D eigenvalue weighted by molar-refractivity contribution is 7.89. The quantitative estimate of drug-likeness (QED) is 0.0390. The van der Waals surface area contributed by atoms with Crippen LogP contribution in [0.25, 0.3) is 0 Å². The van der Waals surface area contributed by atoms with Gasteiger partial charge in [0.05, 0.1) is 75.4 Å². The summed E-state index contributed by atoms with van der Waals surface area (Å²) in [4.78, 5) is 77.4. The van der Waals surface area contributed by atoms with E-state index in [9.17, 15) is 32.4 Å². The Balaban J connectivity index is 0.686. The van der Waals surface area contributed by atoms with E-state index in [1.807, 2.05) is 31.2 Å². The molecule has 4 heterocycles. The van der Waals surface area contributed by atoms with Gasteiger partial charge in [0.2, 0.25) is 33.7 Å². The Kier molecular flexibility index (Phi) is 18.8. The minimum absolute atomic E-state index is 0.0535. The molecule has 6 N–H and O–H groups in total. The number of carbonyl (C=O) groups is 5. The highest BCUT2D eigenvalue weighted by Gasteiger charge is 2.45. The lowest BCUT2D eigenvalue weighted by Gasteiger charge is -2.35. The number of benzene rings is 3. The Morgan fingerprint density at radius 2 is 1.44 bits per heavy atom. The zero-order chi connectivity index (χ0) is 52.0. The van der Waals surface area contributed by atoms with Gasteiger partial charge in [0.25, 0.3) is 11.8 Å². The Bertz CT molecular complexity index is 2700. The summed E-state index contributed by atoms with van der Waals surface area (Å²) in [5.41, 5.74) is 3.49. The third-order valence-electron chi connectivity index (χ3n) is 11.8. The van der Waals surface area contributed by atoms with Crippen LogP contribution in [0, 0.1) is 6.92 Å². The second-order valence-electron chi connectivity index (χ2n) is 18.6. The van der Waals surface area contributed by atoms with Crippen LogP contribution in [0.3, 0.4) is 0 Å². The molecule has 1 aromatic heterocycles. The van der Waals surface area contributed by atoms with E-state index >= 15 is 0 Å². The fourth-order valence-electron chi connectivity index (χ4n) is 8.22. The van der Waals surface area contributed by atoms with Crippen LogP contribution in [-0.2, 0) is 43.4 Å². The van der Waals surface area contributed by atoms with Crippen LogP contribution >= 0.6 is 0 Å². The molecule has 0 saturated carbocycles. The second kappa shape index (κ2) is 25.4. The van der Waals surface area contributed by atoms with Crippen molar-refractivity contribution in [1.82, 2.24) is 35.1 Å². The van der Waals surface area contributed by atoms with Crippen LogP contribution in [0.1, 0.15) is 59.9 Å². The van der Waals surface area contributed by atoms with Crippen molar-refractivity contribution in [3.8, 4) is 0 Å². The van der Waals surface area contributed by atoms with E-state index < -0.39 is 45.2 Å². The summed E-state index contributed by atoms with van der Waals surface area (Å²) in [6.45, 7) is 14.3. The van der Waals surface area contributed by atoms with Crippen LogP contribution in [0.4, 0.5) is 34.5 Å². The summed E-state index contributed by atoms with van der Waals surface area (Å²) in [7, 11) is -3.71. The minimum Gasteiger partial charge on any atom is -0.382 e. The molecule has 3 aromatic carbocycles. The lowest BCUT2D eigenvalue weighted by atomic mass is 10.0. The monoisotopic (exact) mass is 1030 g/mol. The van der Waals surface area contributed by atoms with Crippen LogP contribution in [0.2, 0.25) is 0 Å². The van der Waals surface area contributed by atoms with Gasteiger partial charge in [-0.1, -0.05) is 12.1 Å². The average Bonchev–Trinajstić information content (AvgIpc) is 3.60. The van der Waals surface area contributed by atoms with E-state index in [4.69, 9.17) is 18.9 Å². The van der Waals surface area contributed by atoms with Crippen LogP contribution in [0.5, 0.6) is 0 Å². The van der Waals surface area contributed by atoms with Gasteiger partial charge in [0.1, 0.15) is 11.9 Å². The normalized spacial score (nSPS) is 16.4. The van der Waals surface area contributed by atoms with Crippen molar-refractivity contribution in [2.75, 3.05) is 120 Å². The molecule has 0 radical (unpaired) electrons. The first-order valence-corrected chi connectivity index (χ1v) is 25.8. The lowest BCUT2D eigenvalue weighted by Crippen LogP contribution is -2.54. The smallest absolute Gasteiger partial charge is 0.264 e. The molecule has 5 amide bonds. The first-order valence-electron chi connectivity index (χ1n) is 24.3. The highest BCUT2D eigenvalue weighted by atomic mass is 32.2. The van der Waals surface area contributed by atoms with E-state index in [1.165, 1.54) is 0 Å². The molecule has 0 bridgehead atoms. The average molecular weight is 1030 g/mol. The first-order chi connectivity index (χ1) is 35.0. The van der Waals surface area contributed by atoms with Crippen LogP contribution in [0.15, 0.2) is 77.8 Å². The molecule has 3 aliphatic rings. The number of hydrogen-bond acceptors (Lipinski definition) is 18. The van der Waals surface area contributed by atoms with Gasteiger partial charge < -0.3 is 45.1 Å². The molecule has 1 unspecified atom stereocenters. The fraction of sp³-hybridized carbons (Fsp3) is 0.460. The number of nitrogens with one attached hydrogen (secondary N) is 6. The van der Waals surface area contributed by atoms with Gasteiger partial charge in [-0.3, -0.25) is 39.1 Å². The van der Waals surface area contributed by atoms with E-state index in [1.54, 1.807) is 69.4 Å². The van der Waals surface area contributed by atoms with Crippen molar-refractivity contribution >= 4 is 74.1 Å². The SMILES string of the molecule is Cc1cnc(Nc2ccc(N3CCN(CC(=O)NCCOCCOCCOCCOCCNc4cccc5c4C(=O)N(C4CCC(=O)NC4=O)C5=O)CC3)cc2)nc1Nc1cccc(S(=O)(=O)NC(C)(C)C)c1. The summed E-state index contributed by atoms with van der Waals surface area (Å²) < 4.78 is 50.8. The van der Waals surface area contributed by atoms with Gasteiger partial charge in [0, 0.05) is 85.7 Å². The minimum atomic E-state index is -3.71. The van der Waals surface area contributed by atoms with E-state index in [0.717, 1.165) is 48.0 Å². The molecule has 7 rings (SSSR count). The van der Waals surface area contributed by atoms with Crippen molar-refractivity contribution in [1.29, 1.82) is 0 Å². The molecule has 73 heavy (non-hydrogen) atoms. The molecule has 0 spiro atoms. The van der Waals surface area contributed by atoms with E-state index in [-0.39, 0.29) is 34.8 Å². The van der Waals surface area contributed by atoms with Crippen molar-refractivity contribution < 1.29 is 51.3 Å². The predicted octanol–water partition coefficient (Wildman–Crippen LogP) is 3.17. The molecule has 1 atom stereocenters. The van der Waals surface area contributed by atoms with Crippen molar-refractivity contribution in [3.05, 3.63) is 89.6 Å². The lowest BCUT2D eigenvalue weighted by molar-refractivity contribution is -0.136. The van der Waals surface area contributed by atoms with Crippen molar-refractivity contribution in [2.45, 2.75) is 57.0 Å². The van der Waals surface area contributed by atoms with Gasteiger partial charge in [-0.05, 0) is 88.7 Å². The standard InChI is InChI=1S/C50H65N11O11S/c1-34-32-53-49(57-45(34)54-36-7-5-8-38(31-36)73(67,68)58-50(2,3)4)55-35-11-13-37(14-12-35)60-21-19-59(20-22-60)33-43(63)52-18-24-70-26-28-72-30-29-71-27-25-69-23-17-51-40-10-6-9-39-44(40)48(66)61(47(39)65)41-15-16-42(62)56-46(41)64/h5-14,31-32,41,51,58H,15-30,33H2,1-4H3,(H,52,63)(H,56,62,64)(H2,53,54,55,57). The third-order valence-corrected chi connectivity index (χ3v) is 13.5. The van der Waals surface area contributed by atoms with E-state index in [0.29, 0.717) is 95.6 Å². The van der Waals surface area contributed by atoms with Gasteiger partial charge in [-0.2, -0.15) is 4.98 Å². The van der Waals surface area contributed by atoms with Gasteiger partial charge >= 0.3 is 0 Å². The number of anilines is 6. The summed E-state index contributed by atoms with van der Waals surface area (Å²) in [5.74, 6) is -1.34. The summed E-state index contributed by atoms with van der Waals surface area (Å²) in [5, 5.41) is 14.7. The number of imide groups is 2. The summed E-state index contributed by atoms with van der Waals surface area (Å²) in [6.07, 6.45) is 1.84. The molecule has 22 nitrogen and oxygen atoms in total. The number of aryl methyl sites for hydroxylation is 1. The molecule has 392 valence electrons. The number of fused-ring (bicyclic) bond motifs is 1. The number of piperidine rings is 1. The first kappa shape index (κ1) is 54.2. The fourth-order valence-corrected chi connectivity index (χ4v) is 9.68. The highest BCUT2D eigenvalue weighted by Crippen LogP contribution is 2.32. The Morgan fingerprint density at radius 1 is 0.781 bits per heavy atom. The maximum absolute atomic E-state index is 13.2. The third kappa shape index (κ3) is 15.5. The topological polar surface area (TPSA) is 264 Å². The maximum atomic E-state index is 13.2. The molecular weight excluding hydrogens is 963 g/mol. The summed E-state index contributed by atoms with van der Waals surface area (Å²) >= 11 is 0. The van der Waals surface area contributed by atoms with Gasteiger partial charge in [0.15, 0.2) is 0 Å². The zero-order valence-electron chi connectivity index (χ0n) is 41.7. The number of rotatable bonds is 26. The second-order valence-corrected chi connectivity index (χ2v) is 20.3. The molecule has 23 heteroatoms. The number of ether oxygens (including phenoxy) is 4. The molecule has 4 aromatic rings. The number of nitrogens with zero attached hydrogens (tertiary/aromatic N) is 5. The molecule has 0 aliphatic carbocycles. The number of sulfonamides is 1. The molecule has 2 saturated heterocycles.